The normalized spacial score (nSPS) is 19.1. The number of morpholine rings is 1. The minimum atomic E-state index is -1.31. The molecule has 38 heavy (non-hydrogen) atoms. The van der Waals surface area contributed by atoms with E-state index in [0.29, 0.717) is 48.6 Å². The van der Waals surface area contributed by atoms with E-state index in [9.17, 15) is 9.00 Å². The van der Waals surface area contributed by atoms with Crippen LogP contribution in [0.15, 0.2) is 40.1 Å². The Morgan fingerprint density at radius 1 is 1.26 bits per heavy atom. The van der Waals surface area contributed by atoms with Gasteiger partial charge in [-0.25, -0.2) is 19.7 Å². The summed E-state index contributed by atoms with van der Waals surface area (Å²) in [4.78, 5) is 28.6. The van der Waals surface area contributed by atoms with Crippen molar-refractivity contribution >= 4 is 39.7 Å². The summed E-state index contributed by atoms with van der Waals surface area (Å²) in [5, 5.41) is 16.3. The third-order valence-electron chi connectivity index (χ3n) is 6.68. The van der Waals surface area contributed by atoms with Crippen molar-refractivity contribution in [2.24, 2.45) is 0 Å². The molecule has 0 bridgehead atoms. The number of amides is 2. The second-order valence-corrected chi connectivity index (χ2v) is 12.4. The van der Waals surface area contributed by atoms with Gasteiger partial charge < -0.3 is 25.4 Å². The van der Waals surface area contributed by atoms with Crippen molar-refractivity contribution in [1.29, 1.82) is 0 Å². The first-order valence-corrected chi connectivity index (χ1v) is 14.8. The number of anilines is 2. The maximum atomic E-state index is 13.7. The number of carbonyl (C=O) groups is 1. The number of nitrogens with one attached hydrogen (secondary N) is 2. The molecular formula is C26H32N6O4S2. The van der Waals surface area contributed by atoms with Crippen LogP contribution in [-0.4, -0.2) is 69.3 Å². The molecule has 3 N–H and O–H groups in total. The number of nitrogens with zero attached hydrogens (tertiary/aromatic N) is 4. The molecule has 2 amide bonds. The average Bonchev–Trinajstić information content (AvgIpc) is 3.63. The van der Waals surface area contributed by atoms with E-state index >= 15 is 0 Å². The zero-order valence-electron chi connectivity index (χ0n) is 21.5. The van der Waals surface area contributed by atoms with Gasteiger partial charge in [-0.3, -0.25) is 4.21 Å². The summed E-state index contributed by atoms with van der Waals surface area (Å²) < 4.78 is 19.4. The topological polar surface area (TPSA) is 130 Å². The molecule has 1 saturated carbocycles. The quantitative estimate of drug-likeness (QED) is 0.342. The fourth-order valence-electron chi connectivity index (χ4n) is 4.41. The lowest BCUT2D eigenvalue weighted by Gasteiger charge is -2.34. The second kappa shape index (κ2) is 11.4. The summed E-state index contributed by atoms with van der Waals surface area (Å²) in [7, 11) is -1.31. The zero-order valence-corrected chi connectivity index (χ0v) is 23.1. The zero-order chi connectivity index (χ0) is 26.7. The number of urea groups is 1. The number of hydrogen-bond acceptors (Lipinski definition) is 9. The summed E-state index contributed by atoms with van der Waals surface area (Å²) in [6, 6.07) is 9.16. The molecular weight excluding hydrogens is 524 g/mol. The number of carbonyl (C=O) groups excluding carboxylic acids is 1. The van der Waals surface area contributed by atoms with E-state index in [1.165, 1.54) is 11.3 Å². The molecule has 1 aliphatic heterocycles. The molecule has 0 spiro atoms. The second-order valence-electron chi connectivity index (χ2n) is 9.61. The fraction of sp³-hybridized carbons (Fsp3) is 0.462. The van der Waals surface area contributed by atoms with Gasteiger partial charge in [0.05, 0.1) is 40.5 Å². The average molecular weight is 557 g/mol. The Kier molecular flexibility index (Phi) is 8.03. The van der Waals surface area contributed by atoms with Crippen molar-refractivity contribution in [3.05, 3.63) is 47.1 Å². The van der Waals surface area contributed by atoms with Crippen LogP contribution in [0.5, 0.6) is 0 Å². The minimum absolute atomic E-state index is 0.0254. The number of ether oxygens (including phenoxy) is 1. The van der Waals surface area contributed by atoms with Gasteiger partial charge >= 0.3 is 6.03 Å². The van der Waals surface area contributed by atoms with Crippen molar-refractivity contribution in [1.82, 2.24) is 20.3 Å². The van der Waals surface area contributed by atoms with Gasteiger partial charge in [-0.2, -0.15) is 0 Å². The van der Waals surface area contributed by atoms with Crippen LogP contribution in [0.2, 0.25) is 0 Å². The molecule has 0 radical (unpaired) electrons. The molecule has 1 aromatic carbocycles. The van der Waals surface area contributed by atoms with E-state index in [2.05, 4.69) is 27.4 Å². The number of aliphatic hydroxyl groups is 1. The Balaban J connectivity index is 1.46. The molecule has 2 fully saturated rings. The highest BCUT2D eigenvalue weighted by atomic mass is 32.2. The Labute approximate surface area is 228 Å². The lowest BCUT2D eigenvalue weighted by atomic mass is 10.1. The van der Waals surface area contributed by atoms with E-state index in [-0.39, 0.29) is 18.7 Å². The molecule has 2 atom stereocenters. The third-order valence-corrected chi connectivity index (χ3v) is 9.91. The van der Waals surface area contributed by atoms with Gasteiger partial charge in [-0.15, -0.1) is 11.3 Å². The van der Waals surface area contributed by atoms with E-state index in [4.69, 9.17) is 19.8 Å². The highest BCUT2D eigenvalue weighted by Crippen LogP contribution is 2.53. The standard InChI is InChI=1S/C26H32N6O4S2/c1-17-16-37-25(28-17)38(35)26(8-9-26)21-14-22(32-11-13-36-15-18(32)2)31-23(30-21)19-4-6-20(7-5-19)29-24(34)27-10-3-12-33/h4-7,14,16,18,33H,3,8-13,15H2,1-2H3,(H2,27,29,34)/t18-,38?/m0/s1. The van der Waals surface area contributed by atoms with E-state index in [1.807, 2.05) is 30.5 Å². The van der Waals surface area contributed by atoms with Crippen LogP contribution in [0.3, 0.4) is 0 Å². The summed E-state index contributed by atoms with van der Waals surface area (Å²) in [5.41, 5.74) is 3.07. The molecule has 2 aromatic heterocycles. The van der Waals surface area contributed by atoms with Gasteiger partial charge in [0, 0.05) is 48.1 Å². The van der Waals surface area contributed by atoms with Gasteiger partial charge in [-0.1, -0.05) is 0 Å². The van der Waals surface area contributed by atoms with Crippen molar-refractivity contribution < 1.29 is 18.8 Å². The Bertz CT molecular complexity index is 1310. The third kappa shape index (κ3) is 5.73. The fourth-order valence-corrected chi connectivity index (χ4v) is 7.23. The smallest absolute Gasteiger partial charge is 0.319 e. The molecule has 5 rings (SSSR count). The predicted octanol–water partition coefficient (Wildman–Crippen LogP) is 3.43. The van der Waals surface area contributed by atoms with E-state index < -0.39 is 15.5 Å². The van der Waals surface area contributed by atoms with Gasteiger partial charge in [0.15, 0.2) is 10.2 Å². The lowest BCUT2D eigenvalue weighted by molar-refractivity contribution is 0.0985. The Morgan fingerprint density at radius 3 is 2.71 bits per heavy atom. The number of aromatic nitrogens is 3. The first kappa shape index (κ1) is 26.7. The number of rotatable bonds is 9. The van der Waals surface area contributed by atoms with Crippen LogP contribution in [0.1, 0.15) is 37.6 Å². The van der Waals surface area contributed by atoms with Gasteiger partial charge in [0.2, 0.25) is 0 Å². The van der Waals surface area contributed by atoms with Gasteiger partial charge in [0.1, 0.15) is 5.82 Å². The molecule has 1 unspecified atom stereocenters. The van der Waals surface area contributed by atoms with Crippen LogP contribution in [0, 0.1) is 6.92 Å². The van der Waals surface area contributed by atoms with Crippen LogP contribution in [0.25, 0.3) is 11.4 Å². The first-order chi connectivity index (χ1) is 18.4. The van der Waals surface area contributed by atoms with Crippen LogP contribution in [0.4, 0.5) is 16.3 Å². The maximum Gasteiger partial charge on any atom is 0.319 e. The van der Waals surface area contributed by atoms with Gasteiger partial charge in [-0.05, 0) is 57.4 Å². The molecule has 1 aliphatic carbocycles. The highest BCUT2D eigenvalue weighted by molar-refractivity contribution is 7.88. The van der Waals surface area contributed by atoms with Crippen LogP contribution >= 0.6 is 11.3 Å². The molecule has 3 aromatic rings. The van der Waals surface area contributed by atoms with Crippen LogP contribution < -0.4 is 15.5 Å². The van der Waals surface area contributed by atoms with Crippen molar-refractivity contribution in [3.63, 3.8) is 0 Å². The number of aliphatic hydroxyl groups excluding tert-OH is 1. The van der Waals surface area contributed by atoms with Gasteiger partial charge in [0.25, 0.3) is 0 Å². The SMILES string of the molecule is Cc1csc(S(=O)C2(c3cc(N4CCOC[C@@H]4C)nc(-c4ccc(NC(=O)NCCCO)cc4)n3)CC2)n1. The molecule has 12 heteroatoms. The maximum absolute atomic E-state index is 13.7. The van der Waals surface area contributed by atoms with Crippen LogP contribution in [-0.2, 0) is 20.3 Å². The number of hydrogen-bond donors (Lipinski definition) is 3. The molecule has 1 saturated heterocycles. The highest BCUT2D eigenvalue weighted by Gasteiger charge is 2.53. The summed E-state index contributed by atoms with van der Waals surface area (Å²) in [5.74, 6) is 1.35. The molecule has 2 aliphatic rings. The summed E-state index contributed by atoms with van der Waals surface area (Å²) >= 11 is 1.43. The van der Waals surface area contributed by atoms with E-state index in [1.54, 1.807) is 12.1 Å². The molecule has 3 heterocycles. The first-order valence-electron chi connectivity index (χ1n) is 12.7. The largest absolute Gasteiger partial charge is 0.396 e. The molecule has 10 nitrogen and oxygen atoms in total. The number of benzene rings is 1. The summed E-state index contributed by atoms with van der Waals surface area (Å²) in [6.07, 6.45) is 2.06. The monoisotopic (exact) mass is 556 g/mol. The number of aryl methyl sites for hydroxylation is 1. The van der Waals surface area contributed by atoms with Crippen molar-refractivity contribution in [2.75, 3.05) is 43.1 Å². The summed E-state index contributed by atoms with van der Waals surface area (Å²) in [6.45, 7) is 6.39. The molecule has 202 valence electrons. The van der Waals surface area contributed by atoms with Crippen molar-refractivity contribution in [2.45, 2.75) is 48.2 Å². The minimum Gasteiger partial charge on any atom is -0.396 e. The predicted molar refractivity (Wildman–Crippen MR) is 148 cm³/mol. The Hall–Kier alpha value is -2.93. The van der Waals surface area contributed by atoms with E-state index in [0.717, 1.165) is 35.6 Å². The lowest BCUT2D eigenvalue weighted by Crippen LogP contribution is -2.44. The van der Waals surface area contributed by atoms with Crippen molar-refractivity contribution in [3.8, 4) is 11.4 Å². The Morgan fingerprint density at radius 2 is 2.05 bits per heavy atom. The number of thiazole rings is 1.